The number of methoxy groups -OCH3 is 1. The lowest BCUT2D eigenvalue weighted by molar-refractivity contribution is -0.122. The van der Waals surface area contributed by atoms with E-state index in [1.807, 2.05) is 31.2 Å². The molecule has 2 rings (SSSR count). The van der Waals surface area contributed by atoms with Gasteiger partial charge < -0.3 is 14.8 Å². The van der Waals surface area contributed by atoms with E-state index in [9.17, 15) is 9.59 Å². The summed E-state index contributed by atoms with van der Waals surface area (Å²) in [7, 11) is 1.33. The van der Waals surface area contributed by atoms with Gasteiger partial charge >= 0.3 is 5.97 Å². The predicted molar refractivity (Wildman–Crippen MR) is 97.1 cm³/mol. The summed E-state index contributed by atoms with van der Waals surface area (Å²) in [6, 6.07) is 12.8. The van der Waals surface area contributed by atoms with Crippen molar-refractivity contribution in [1.82, 2.24) is 0 Å². The Morgan fingerprint density at radius 3 is 2.52 bits per heavy atom. The first kappa shape index (κ1) is 18.5. The molecule has 0 fully saturated rings. The minimum Gasteiger partial charge on any atom is -0.481 e. The third-order valence-electron chi connectivity index (χ3n) is 4.02. The van der Waals surface area contributed by atoms with Crippen molar-refractivity contribution in [1.29, 1.82) is 0 Å². The first-order valence-electron chi connectivity index (χ1n) is 8.21. The van der Waals surface area contributed by atoms with Gasteiger partial charge in [-0.05, 0) is 49.6 Å². The van der Waals surface area contributed by atoms with Gasteiger partial charge in [0.05, 0.1) is 12.7 Å². The maximum atomic E-state index is 12.5. The number of carbonyl (C=O) groups is 2. The fourth-order valence-corrected chi connectivity index (χ4v) is 2.49. The van der Waals surface area contributed by atoms with E-state index in [2.05, 4.69) is 5.32 Å². The zero-order valence-electron chi connectivity index (χ0n) is 15.0. The molecule has 2 aromatic carbocycles. The maximum absolute atomic E-state index is 12.5. The maximum Gasteiger partial charge on any atom is 0.338 e. The van der Waals surface area contributed by atoms with Gasteiger partial charge in [0.15, 0.2) is 6.10 Å². The fraction of sp³-hybridized carbons (Fsp3) is 0.300. The van der Waals surface area contributed by atoms with Crippen LogP contribution in [0.1, 0.15) is 35.3 Å². The highest BCUT2D eigenvalue weighted by Crippen LogP contribution is 2.22. The van der Waals surface area contributed by atoms with Gasteiger partial charge in [-0.1, -0.05) is 31.2 Å². The van der Waals surface area contributed by atoms with Crippen LogP contribution in [0.15, 0.2) is 42.5 Å². The molecular formula is C20H23NO4. The Labute approximate surface area is 148 Å². The standard InChI is InChI=1S/C20H23NO4/c1-5-15-9-6-7-12-18(15)25-14(3)19(22)21-17-11-8-10-16(13(17)2)20(23)24-4/h6-12,14H,5H2,1-4H3,(H,21,22)/t14-/m0/s1. The molecule has 0 aromatic heterocycles. The Morgan fingerprint density at radius 2 is 1.84 bits per heavy atom. The third kappa shape index (κ3) is 4.38. The van der Waals surface area contributed by atoms with Gasteiger partial charge in [-0.2, -0.15) is 0 Å². The minimum atomic E-state index is -0.672. The molecule has 132 valence electrons. The van der Waals surface area contributed by atoms with E-state index in [-0.39, 0.29) is 5.91 Å². The second kappa shape index (κ2) is 8.33. The van der Waals surface area contributed by atoms with Crippen LogP contribution in [0.2, 0.25) is 0 Å². The summed E-state index contributed by atoms with van der Waals surface area (Å²) in [5, 5.41) is 2.82. The Hall–Kier alpha value is -2.82. The van der Waals surface area contributed by atoms with E-state index in [4.69, 9.17) is 9.47 Å². The normalized spacial score (nSPS) is 11.5. The molecule has 1 atom stereocenters. The molecule has 0 saturated carbocycles. The molecule has 1 amide bonds. The van der Waals surface area contributed by atoms with Crippen LogP contribution in [0.3, 0.4) is 0 Å². The Bertz CT molecular complexity index is 770. The molecule has 0 aliphatic rings. The molecule has 0 radical (unpaired) electrons. The van der Waals surface area contributed by atoms with E-state index in [0.29, 0.717) is 22.6 Å². The van der Waals surface area contributed by atoms with Crippen LogP contribution < -0.4 is 10.1 Å². The third-order valence-corrected chi connectivity index (χ3v) is 4.02. The van der Waals surface area contributed by atoms with Crippen LogP contribution in [0.25, 0.3) is 0 Å². The topological polar surface area (TPSA) is 64.6 Å². The average molecular weight is 341 g/mol. The monoisotopic (exact) mass is 341 g/mol. The van der Waals surface area contributed by atoms with Gasteiger partial charge in [-0.15, -0.1) is 0 Å². The minimum absolute atomic E-state index is 0.281. The van der Waals surface area contributed by atoms with E-state index < -0.39 is 12.1 Å². The van der Waals surface area contributed by atoms with Crippen molar-refractivity contribution in [2.75, 3.05) is 12.4 Å². The van der Waals surface area contributed by atoms with Crippen molar-refractivity contribution in [3.05, 3.63) is 59.2 Å². The summed E-state index contributed by atoms with van der Waals surface area (Å²) >= 11 is 0. The molecule has 0 aliphatic carbocycles. The molecule has 1 N–H and O–H groups in total. The number of hydrogen-bond acceptors (Lipinski definition) is 4. The first-order chi connectivity index (χ1) is 12.0. The molecule has 5 heteroatoms. The van der Waals surface area contributed by atoms with Crippen molar-refractivity contribution in [2.24, 2.45) is 0 Å². The van der Waals surface area contributed by atoms with Gasteiger partial charge in [0.2, 0.25) is 0 Å². The molecule has 25 heavy (non-hydrogen) atoms. The molecule has 0 unspecified atom stereocenters. The molecule has 0 aliphatic heterocycles. The van der Waals surface area contributed by atoms with Gasteiger partial charge in [-0.25, -0.2) is 4.79 Å². The molecule has 0 heterocycles. The highest BCUT2D eigenvalue weighted by molar-refractivity contribution is 5.98. The van der Waals surface area contributed by atoms with Gasteiger partial charge in [0.25, 0.3) is 5.91 Å². The zero-order valence-corrected chi connectivity index (χ0v) is 15.0. The van der Waals surface area contributed by atoms with Crippen molar-refractivity contribution in [2.45, 2.75) is 33.3 Å². The predicted octanol–water partition coefficient (Wildman–Crippen LogP) is 3.75. The van der Waals surface area contributed by atoms with Gasteiger partial charge in [0, 0.05) is 5.69 Å². The molecule has 5 nitrogen and oxygen atoms in total. The number of carbonyl (C=O) groups excluding carboxylic acids is 2. The van der Waals surface area contributed by atoms with Crippen LogP contribution in [0.5, 0.6) is 5.75 Å². The number of amides is 1. The number of ether oxygens (including phenoxy) is 2. The van der Waals surface area contributed by atoms with Crippen LogP contribution in [-0.2, 0) is 16.0 Å². The first-order valence-corrected chi connectivity index (χ1v) is 8.21. The lowest BCUT2D eigenvalue weighted by Crippen LogP contribution is -2.30. The lowest BCUT2D eigenvalue weighted by atomic mass is 10.1. The number of hydrogen-bond donors (Lipinski definition) is 1. The molecular weight excluding hydrogens is 318 g/mol. The van der Waals surface area contributed by atoms with Crippen LogP contribution in [-0.4, -0.2) is 25.1 Å². The summed E-state index contributed by atoms with van der Waals surface area (Å²) < 4.78 is 10.6. The van der Waals surface area contributed by atoms with Crippen molar-refractivity contribution >= 4 is 17.6 Å². The summed E-state index contributed by atoms with van der Waals surface area (Å²) in [6.45, 7) is 5.50. The van der Waals surface area contributed by atoms with Crippen molar-refractivity contribution in [3.63, 3.8) is 0 Å². The molecule has 0 bridgehead atoms. The van der Waals surface area contributed by atoms with Gasteiger partial charge in [-0.3, -0.25) is 4.79 Å². The van der Waals surface area contributed by atoms with Crippen molar-refractivity contribution < 1.29 is 19.1 Å². The lowest BCUT2D eigenvalue weighted by Gasteiger charge is -2.18. The fourth-order valence-electron chi connectivity index (χ4n) is 2.49. The molecule has 0 saturated heterocycles. The second-order valence-corrected chi connectivity index (χ2v) is 5.68. The zero-order chi connectivity index (χ0) is 18.4. The van der Waals surface area contributed by atoms with E-state index in [1.54, 1.807) is 32.0 Å². The molecule has 2 aromatic rings. The number of esters is 1. The van der Waals surface area contributed by atoms with E-state index in [0.717, 1.165) is 12.0 Å². The van der Waals surface area contributed by atoms with Gasteiger partial charge in [0.1, 0.15) is 5.75 Å². The molecule has 0 spiro atoms. The smallest absolute Gasteiger partial charge is 0.338 e. The summed E-state index contributed by atoms with van der Waals surface area (Å²) in [5.41, 5.74) is 2.69. The highest BCUT2D eigenvalue weighted by atomic mass is 16.5. The van der Waals surface area contributed by atoms with Crippen LogP contribution in [0, 0.1) is 6.92 Å². The van der Waals surface area contributed by atoms with Crippen LogP contribution in [0.4, 0.5) is 5.69 Å². The number of aryl methyl sites for hydroxylation is 1. The second-order valence-electron chi connectivity index (χ2n) is 5.68. The van der Waals surface area contributed by atoms with E-state index >= 15 is 0 Å². The Balaban J connectivity index is 2.13. The van der Waals surface area contributed by atoms with Crippen LogP contribution >= 0.6 is 0 Å². The highest BCUT2D eigenvalue weighted by Gasteiger charge is 2.19. The number of rotatable bonds is 6. The average Bonchev–Trinajstić information content (AvgIpc) is 2.63. The Morgan fingerprint density at radius 1 is 1.12 bits per heavy atom. The summed E-state index contributed by atoms with van der Waals surface area (Å²) in [6.07, 6.45) is 0.152. The Kier molecular flexibility index (Phi) is 6.17. The SMILES string of the molecule is CCc1ccccc1O[C@@H](C)C(=O)Nc1cccc(C(=O)OC)c1C. The number of anilines is 1. The summed E-state index contributed by atoms with van der Waals surface area (Å²) in [4.78, 5) is 24.2. The van der Waals surface area contributed by atoms with Crippen molar-refractivity contribution in [3.8, 4) is 5.75 Å². The largest absolute Gasteiger partial charge is 0.481 e. The number of para-hydroxylation sites is 1. The number of nitrogens with one attached hydrogen (secondary N) is 1. The number of benzene rings is 2. The quantitative estimate of drug-likeness (QED) is 0.813. The van der Waals surface area contributed by atoms with E-state index in [1.165, 1.54) is 7.11 Å². The summed E-state index contributed by atoms with van der Waals surface area (Å²) in [5.74, 6) is -0.0153.